The molecule has 19 heavy (non-hydrogen) atoms. The van der Waals surface area contributed by atoms with Crippen LogP contribution in [0.1, 0.15) is 23.2 Å². The van der Waals surface area contributed by atoms with Gasteiger partial charge in [-0.25, -0.2) is 0 Å². The van der Waals surface area contributed by atoms with Crippen molar-refractivity contribution in [2.45, 2.75) is 18.4 Å². The van der Waals surface area contributed by atoms with E-state index in [1.54, 1.807) is 12.1 Å². The molecule has 0 atom stereocenters. The number of phenolic OH excluding ortho intramolecular Hbond substituents is 1. The summed E-state index contributed by atoms with van der Waals surface area (Å²) in [7, 11) is 0. The molecule has 0 aliphatic carbocycles. The van der Waals surface area contributed by atoms with Crippen LogP contribution in [0.15, 0.2) is 18.2 Å². The molecule has 3 N–H and O–H groups in total. The Hall–Kier alpha value is -0.860. The van der Waals surface area contributed by atoms with Crippen LogP contribution in [0.4, 0.5) is 0 Å². The zero-order valence-corrected chi connectivity index (χ0v) is 12.5. The lowest BCUT2D eigenvalue weighted by molar-refractivity contribution is 0.0125. The highest BCUT2D eigenvalue weighted by atomic mass is 127. The molecule has 0 bridgehead atoms. The maximum absolute atomic E-state index is 12.2. The average molecular weight is 377 g/mol. The molecule has 2 rings (SSSR count). The van der Waals surface area contributed by atoms with E-state index in [4.69, 9.17) is 4.74 Å². The number of halogens is 1. The van der Waals surface area contributed by atoms with Crippen LogP contribution in [0.25, 0.3) is 0 Å². The van der Waals surface area contributed by atoms with Crippen LogP contribution in [0, 0.1) is 3.57 Å². The van der Waals surface area contributed by atoms with Gasteiger partial charge in [0.25, 0.3) is 5.91 Å². The minimum Gasteiger partial charge on any atom is -0.507 e. The Morgan fingerprint density at radius 1 is 1.42 bits per heavy atom. The first-order valence-electron chi connectivity index (χ1n) is 6.06. The minimum atomic E-state index is -0.650. The number of rotatable bonds is 3. The number of carbonyl (C=O) groups excluding carboxylic acids is 1. The van der Waals surface area contributed by atoms with Gasteiger partial charge < -0.3 is 20.3 Å². The van der Waals surface area contributed by atoms with Gasteiger partial charge in [0.15, 0.2) is 0 Å². The molecule has 0 radical (unpaired) electrons. The van der Waals surface area contributed by atoms with Gasteiger partial charge >= 0.3 is 0 Å². The zero-order valence-electron chi connectivity index (χ0n) is 10.4. The molecule has 0 spiro atoms. The average Bonchev–Trinajstić information content (AvgIpc) is 2.42. The molecule has 1 aromatic rings. The number of aliphatic hydroxyl groups is 1. The third-order valence-corrected chi connectivity index (χ3v) is 4.01. The van der Waals surface area contributed by atoms with Crippen LogP contribution in [0.3, 0.4) is 0 Å². The largest absolute Gasteiger partial charge is 0.507 e. The van der Waals surface area contributed by atoms with E-state index in [1.165, 1.54) is 6.07 Å². The van der Waals surface area contributed by atoms with Gasteiger partial charge in [-0.2, -0.15) is 0 Å². The Labute approximate surface area is 125 Å². The van der Waals surface area contributed by atoms with Crippen molar-refractivity contribution in [2.24, 2.45) is 0 Å². The van der Waals surface area contributed by atoms with E-state index in [-0.39, 0.29) is 23.8 Å². The van der Waals surface area contributed by atoms with Crippen LogP contribution >= 0.6 is 22.6 Å². The first-order valence-corrected chi connectivity index (χ1v) is 7.14. The predicted molar refractivity (Wildman–Crippen MR) is 78.2 cm³/mol. The van der Waals surface area contributed by atoms with Crippen LogP contribution in [-0.4, -0.2) is 41.5 Å². The van der Waals surface area contributed by atoms with Gasteiger partial charge in [-0.1, -0.05) is 0 Å². The highest BCUT2D eigenvalue weighted by Crippen LogP contribution is 2.24. The summed E-state index contributed by atoms with van der Waals surface area (Å²) < 4.78 is 6.11. The van der Waals surface area contributed by atoms with Crippen LogP contribution in [0.2, 0.25) is 0 Å². The number of aromatic hydroxyl groups is 1. The Morgan fingerprint density at radius 2 is 2.11 bits per heavy atom. The lowest BCUT2D eigenvalue weighted by Gasteiger charge is -2.36. The predicted octanol–water partition coefficient (Wildman–Crippen LogP) is 1.27. The van der Waals surface area contributed by atoms with Gasteiger partial charge in [0, 0.05) is 16.8 Å². The van der Waals surface area contributed by atoms with Crippen molar-refractivity contribution in [3.05, 3.63) is 27.3 Å². The number of ether oxygens (including phenoxy) is 1. The lowest BCUT2D eigenvalue weighted by Crippen LogP contribution is -2.54. The van der Waals surface area contributed by atoms with Gasteiger partial charge in [0.1, 0.15) is 5.75 Å². The summed E-state index contributed by atoms with van der Waals surface area (Å²) in [6, 6.07) is 4.84. The number of phenols is 1. The molecule has 1 saturated heterocycles. The molecular formula is C13H16INO4. The molecule has 1 aromatic carbocycles. The summed E-state index contributed by atoms with van der Waals surface area (Å²) in [5.74, 6) is -0.426. The summed E-state index contributed by atoms with van der Waals surface area (Å²) in [6.45, 7) is 0.894. The van der Waals surface area contributed by atoms with Gasteiger partial charge in [-0.05, 0) is 53.6 Å². The minimum absolute atomic E-state index is 0.0573. The van der Waals surface area contributed by atoms with Crippen LogP contribution in [0.5, 0.6) is 5.75 Å². The van der Waals surface area contributed by atoms with Crippen molar-refractivity contribution < 1.29 is 19.7 Å². The summed E-state index contributed by atoms with van der Waals surface area (Å²) in [4.78, 5) is 12.2. The molecule has 0 unspecified atom stereocenters. The maximum Gasteiger partial charge on any atom is 0.255 e. The van der Waals surface area contributed by atoms with Crippen molar-refractivity contribution in [2.75, 3.05) is 19.8 Å². The number of carbonyl (C=O) groups is 1. The number of benzene rings is 1. The Kier molecular flexibility index (Phi) is 4.64. The Balaban J connectivity index is 2.17. The number of amides is 1. The molecule has 0 aromatic heterocycles. The number of hydrogen-bond acceptors (Lipinski definition) is 4. The SMILES string of the molecule is O=C(NC1(CO)CCOCC1)c1cc(I)ccc1O. The molecule has 104 valence electrons. The topological polar surface area (TPSA) is 78.8 Å². The molecule has 5 nitrogen and oxygen atoms in total. The monoisotopic (exact) mass is 377 g/mol. The summed E-state index contributed by atoms with van der Waals surface area (Å²) in [6.07, 6.45) is 1.14. The fraction of sp³-hybridized carbons (Fsp3) is 0.462. The molecule has 6 heteroatoms. The van der Waals surface area contributed by atoms with E-state index in [2.05, 4.69) is 27.9 Å². The Morgan fingerprint density at radius 3 is 2.74 bits per heavy atom. The van der Waals surface area contributed by atoms with E-state index in [0.29, 0.717) is 26.1 Å². The fourth-order valence-corrected chi connectivity index (χ4v) is 2.57. The van der Waals surface area contributed by atoms with Crippen molar-refractivity contribution in [3.63, 3.8) is 0 Å². The second kappa shape index (κ2) is 6.06. The maximum atomic E-state index is 12.2. The quantitative estimate of drug-likeness (QED) is 0.694. The van der Waals surface area contributed by atoms with E-state index >= 15 is 0 Å². The van der Waals surface area contributed by atoms with Gasteiger partial charge in [0.05, 0.1) is 17.7 Å². The smallest absolute Gasteiger partial charge is 0.255 e. The molecule has 1 heterocycles. The first-order chi connectivity index (χ1) is 9.06. The van der Waals surface area contributed by atoms with E-state index in [9.17, 15) is 15.0 Å². The van der Waals surface area contributed by atoms with Gasteiger partial charge in [0.2, 0.25) is 0 Å². The second-order valence-electron chi connectivity index (χ2n) is 4.67. The highest BCUT2D eigenvalue weighted by Gasteiger charge is 2.34. The number of nitrogens with one attached hydrogen (secondary N) is 1. The molecular weight excluding hydrogens is 361 g/mol. The first kappa shape index (κ1) is 14.5. The Bertz CT molecular complexity index is 472. The molecule has 0 saturated carbocycles. The lowest BCUT2D eigenvalue weighted by atomic mass is 9.90. The van der Waals surface area contributed by atoms with E-state index < -0.39 is 5.54 Å². The van der Waals surface area contributed by atoms with Crippen molar-refractivity contribution >= 4 is 28.5 Å². The van der Waals surface area contributed by atoms with Crippen molar-refractivity contribution in [1.29, 1.82) is 0 Å². The fourth-order valence-electron chi connectivity index (χ4n) is 2.08. The second-order valence-corrected chi connectivity index (χ2v) is 5.91. The summed E-state index contributed by atoms with van der Waals surface area (Å²) in [5, 5.41) is 22.1. The van der Waals surface area contributed by atoms with Gasteiger partial charge in [-0.15, -0.1) is 0 Å². The molecule has 1 aliphatic rings. The zero-order chi connectivity index (χ0) is 13.9. The third kappa shape index (κ3) is 3.37. The van der Waals surface area contributed by atoms with Crippen molar-refractivity contribution in [1.82, 2.24) is 5.32 Å². The molecule has 1 amide bonds. The van der Waals surface area contributed by atoms with Crippen LogP contribution in [-0.2, 0) is 4.74 Å². The third-order valence-electron chi connectivity index (χ3n) is 3.33. The number of hydrogen-bond donors (Lipinski definition) is 3. The standard InChI is InChI=1S/C13H16INO4/c14-9-1-2-11(17)10(7-9)12(18)15-13(8-16)3-5-19-6-4-13/h1-2,7,16-17H,3-6,8H2,(H,15,18). The normalized spacial score (nSPS) is 18.0. The van der Waals surface area contributed by atoms with Crippen LogP contribution < -0.4 is 5.32 Å². The number of aliphatic hydroxyl groups excluding tert-OH is 1. The van der Waals surface area contributed by atoms with E-state index in [0.717, 1.165) is 3.57 Å². The molecule has 1 aliphatic heterocycles. The summed E-state index contributed by atoms with van der Waals surface area (Å²) >= 11 is 2.08. The highest BCUT2D eigenvalue weighted by molar-refractivity contribution is 14.1. The molecule has 1 fully saturated rings. The van der Waals surface area contributed by atoms with Gasteiger partial charge in [-0.3, -0.25) is 4.79 Å². The van der Waals surface area contributed by atoms with Crippen molar-refractivity contribution in [3.8, 4) is 5.75 Å². The summed E-state index contributed by atoms with van der Waals surface area (Å²) in [5.41, 5.74) is -0.422. The van der Waals surface area contributed by atoms with E-state index in [1.807, 2.05) is 0 Å².